The first-order chi connectivity index (χ1) is 13.3. The smallest absolute Gasteiger partial charge is 0.123 e. The molecule has 1 aliphatic rings. The molecule has 27 heavy (non-hydrogen) atoms. The first-order valence-electron chi connectivity index (χ1n) is 9.50. The highest BCUT2D eigenvalue weighted by atomic mass is 19.1. The Kier molecular flexibility index (Phi) is 4.06. The second kappa shape index (κ2) is 6.71. The van der Waals surface area contributed by atoms with Gasteiger partial charge in [-0.05, 0) is 79.0 Å². The number of hydrogen-bond donors (Lipinski definition) is 1. The highest BCUT2D eigenvalue weighted by molar-refractivity contribution is 5.82. The fourth-order valence-electron chi connectivity index (χ4n) is 4.15. The number of aromatic amines is 1. The quantitative estimate of drug-likeness (QED) is 0.544. The molecular formula is C23H22FN3. The van der Waals surface area contributed by atoms with E-state index in [4.69, 9.17) is 0 Å². The van der Waals surface area contributed by atoms with E-state index in [0.29, 0.717) is 0 Å². The molecule has 5 rings (SSSR count). The molecule has 2 aromatic carbocycles. The first kappa shape index (κ1) is 16.3. The van der Waals surface area contributed by atoms with Crippen LogP contribution < -0.4 is 0 Å². The molecule has 136 valence electrons. The molecule has 0 saturated heterocycles. The molecule has 3 nitrogen and oxygen atoms in total. The van der Waals surface area contributed by atoms with Gasteiger partial charge < -0.3 is 9.55 Å². The van der Waals surface area contributed by atoms with Crippen LogP contribution in [-0.2, 0) is 19.5 Å². The predicted octanol–water partition coefficient (Wildman–Crippen LogP) is 5.05. The highest BCUT2D eigenvalue weighted by Crippen LogP contribution is 2.26. The Balaban J connectivity index is 1.49. The first-order valence-corrected chi connectivity index (χ1v) is 9.50. The Bertz CT molecular complexity index is 1080. The fourth-order valence-corrected chi connectivity index (χ4v) is 4.15. The van der Waals surface area contributed by atoms with Crippen LogP contribution in [-0.4, -0.2) is 21.0 Å². The molecule has 4 heteroatoms. The molecule has 0 amide bonds. The number of nitrogens with zero attached hydrogens (tertiary/aromatic N) is 2. The van der Waals surface area contributed by atoms with E-state index in [1.165, 1.54) is 29.3 Å². The topological polar surface area (TPSA) is 24.0 Å². The van der Waals surface area contributed by atoms with E-state index in [9.17, 15) is 4.39 Å². The lowest BCUT2D eigenvalue weighted by Gasteiger charge is -2.20. The van der Waals surface area contributed by atoms with Crippen LogP contribution in [0.4, 0.5) is 4.39 Å². The maximum atomic E-state index is 13.5. The SMILES string of the molecule is Fc1ccc2c(ccn2-c2ccc3c(c2)CN(Cc2ccc[nH]2)CCC3)c1. The van der Waals surface area contributed by atoms with Gasteiger partial charge in [0.2, 0.25) is 0 Å². The van der Waals surface area contributed by atoms with Crippen molar-refractivity contribution in [1.29, 1.82) is 0 Å². The summed E-state index contributed by atoms with van der Waals surface area (Å²) in [6.07, 6.45) is 6.31. The molecule has 1 N–H and O–H groups in total. The van der Waals surface area contributed by atoms with Gasteiger partial charge in [0.15, 0.2) is 0 Å². The lowest BCUT2D eigenvalue weighted by atomic mass is 10.0. The summed E-state index contributed by atoms with van der Waals surface area (Å²) < 4.78 is 15.6. The molecule has 3 heterocycles. The predicted molar refractivity (Wildman–Crippen MR) is 106 cm³/mol. The molecule has 4 aromatic rings. The van der Waals surface area contributed by atoms with Crippen LogP contribution in [0.3, 0.4) is 0 Å². The van der Waals surface area contributed by atoms with Crippen LogP contribution in [0, 0.1) is 5.82 Å². The third-order valence-electron chi connectivity index (χ3n) is 5.49. The summed E-state index contributed by atoms with van der Waals surface area (Å²) in [6, 6.07) is 17.9. The van der Waals surface area contributed by atoms with Gasteiger partial charge in [-0.25, -0.2) is 4.39 Å². The van der Waals surface area contributed by atoms with E-state index in [0.717, 1.165) is 42.6 Å². The minimum absolute atomic E-state index is 0.192. The summed E-state index contributed by atoms with van der Waals surface area (Å²) >= 11 is 0. The molecule has 0 saturated carbocycles. The summed E-state index contributed by atoms with van der Waals surface area (Å²) in [7, 11) is 0. The third kappa shape index (κ3) is 3.17. The van der Waals surface area contributed by atoms with Crippen molar-refractivity contribution in [2.45, 2.75) is 25.9 Å². The number of aryl methyl sites for hydroxylation is 1. The number of H-pyrrole nitrogens is 1. The minimum atomic E-state index is -0.192. The van der Waals surface area contributed by atoms with Gasteiger partial charge in [0.25, 0.3) is 0 Å². The van der Waals surface area contributed by atoms with Crippen LogP contribution in [0.5, 0.6) is 0 Å². The van der Waals surface area contributed by atoms with E-state index < -0.39 is 0 Å². The summed E-state index contributed by atoms with van der Waals surface area (Å²) in [5, 5.41) is 0.929. The molecule has 0 spiro atoms. The monoisotopic (exact) mass is 359 g/mol. The van der Waals surface area contributed by atoms with Gasteiger partial charge in [0, 0.05) is 42.3 Å². The molecule has 0 unspecified atom stereocenters. The zero-order valence-electron chi connectivity index (χ0n) is 15.2. The van der Waals surface area contributed by atoms with Crippen LogP contribution in [0.25, 0.3) is 16.6 Å². The molecule has 0 radical (unpaired) electrons. The molecule has 0 bridgehead atoms. The average Bonchev–Trinajstić information content (AvgIpc) is 3.27. The minimum Gasteiger partial charge on any atom is -0.364 e. The normalized spacial score (nSPS) is 15.0. The van der Waals surface area contributed by atoms with Crippen molar-refractivity contribution in [3.63, 3.8) is 0 Å². The van der Waals surface area contributed by atoms with Crippen LogP contribution in [0.15, 0.2) is 67.0 Å². The Hall–Kier alpha value is -2.85. The van der Waals surface area contributed by atoms with Gasteiger partial charge in [-0.15, -0.1) is 0 Å². The number of rotatable bonds is 3. The number of halogens is 1. The number of hydrogen-bond acceptors (Lipinski definition) is 1. The van der Waals surface area contributed by atoms with Gasteiger partial charge in [-0.2, -0.15) is 0 Å². The number of nitrogens with one attached hydrogen (secondary N) is 1. The second-order valence-electron chi connectivity index (χ2n) is 7.35. The van der Waals surface area contributed by atoms with Crippen molar-refractivity contribution in [3.05, 3.63) is 89.6 Å². The molecule has 0 aliphatic carbocycles. The van der Waals surface area contributed by atoms with Gasteiger partial charge in [-0.3, -0.25) is 4.90 Å². The lowest BCUT2D eigenvalue weighted by Crippen LogP contribution is -2.22. The molecule has 0 atom stereocenters. The van der Waals surface area contributed by atoms with Gasteiger partial charge in [0.1, 0.15) is 5.82 Å². The maximum Gasteiger partial charge on any atom is 0.123 e. The maximum absolute atomic E-state index is 13.5. The van der Waals surface area contributed by atoms with E-state index in [1.807, 2.05) is 24.5 Å². The molecule has 0 fully saturated rings. The van der Waals surface area contributed by atoms with Crippen LogP contribution in [0.2, 0.25) is 0 Å². The van der Waals surface area contributed by atoms with Crippen molar-refractivity contribution >= 4 is 10.9 Å². The molecule has 1 aliphatic heterocycles. The van der Waals surface area contributed by atoms with Gasteiger partial charge >= 0.3 is 0 Å². The number of fused-ring (bicyclic) bond motifs is 2. The summed E-state index contributed by atoms with van der Waals surface area (Å²) in [5.41, 5.74) is 6.26. The van der Waals surface area contributed by atoms with Crippen LogP contribution in [0.1, 0.15) is 23.2 Å². The zero-order valence-corrected chi connectivity index (χ0v) is 15.2. The third-order valence-corrected chi connectivity index (χ3v) is 5.49. The van der Waals surface area contributed by atoms with Crippen molar-refractivity contribution in [3.8, 4) is 5.69 Å². The average molecular weight is 359 g/mol. The Morgan fingerprint density at radius 1 is 1.00 bits per heavy atom. The van der Waals surface area contributed by atoms with Crippen molar-refractivity contribution in [1.82, 2.24) is 14.5 Å². The van der Waals surface area contributed by atoms with E-state index in [2.05, 4.69) is 44.8 Å². The van der Waals surface area contributed by atoms with Crippen molar-refractivity contribution < 1.29 is 4.39 Å². The van der Waals surface area contributed by atoms with E-state index >= 15 is 0 Å². The zero-order chi connectivity index (χ0) is 18.2. The second-order valence-corrected chi connectivity index (χ2v) is 7.35. The Labute approximate surface area is 158 Å². The largest absolute Gasteiger partial charge is 0.364 e. The molecule has 2 aromatic heterocycles. The van der Waals surface area contributed by atoms with Crippen molar-refractivity contribution in [2.75, 3.05) is 6.54 Å². The van der Waals surface area contributed by atoms with Gasteiger partial charge in [0.05, 0.1) is 5.52 Å². The Morgan fingerprint density at radius 2 is 1.96 bits per heavy atom. The van der Waals surface area contributed by atoms with E-state index in [1.54, 1.807) is 6.07 Å². The lowest BCUT2D eigenvalue weighted by molar-refractivity contribution is 0.258. The summed E-state index contributed by atoms with van der Waals surface area (Å²) in [4.78, 5) is 5.82. The standard InChI is InChI=1S/C23H22FN3/c24-20-6-8-23-18(13-20)9-12-27(23)22-7-5-17-3-2-11-26(15-19(17)14-22)16-21-4-1-10-25-21/h1,4-10,12-14,25H,2-3,11,15-16H2. The van der Waals surface area contributed by atoms with Crippen molar-refractivity contribution in [2.24, 2.45) is 0 Å². The van der Waals surface area contributed by atoms with E-state index in [-0.39, 0.29) is 5.82 Å². The summed E-state index contributed by atoms with van der Waals surface area (Å²) in [5.74, 6) is -0.192. The number of aromatic nitrogens is 2. The van der Waals surface area contributed by atoms with Gasteiger partial charge in [-0.1, -0.05) is 6.07 Å². The highest BCUT2D eigenvalue weighted by Gasteiger charge is 2.16. The number of benzene rings is 2. The summed E-state index contributed by atoms with van der Waals surface area (Å²) in [6.45, 7) is 3.01. The molecular weight excluding hydrogens is 337 g/mol. The van der Waals surface area contributed by atoms with Crippen LogP contribution >= 0.6 is 0 Å². The fraction of sp³-hybridized carbons (Fsp3) is 0.217. The Morgan fingerprint density at radius 3 is 2.85 bits per heavy atom.